The molecule has 0 aromatic heterocycles. The van der Waals surface area contributed by atoms with Crippen LogP contribution in [0.1, 0.15) is 23.7 Å². The van der Waals surface area contributed by atoms with Gasteiger partial charge < -0.3 is 14.8 Å². The molecular weight excluding hydrogens is 386 g/mol. The largest absolute Gasteiger partial charge is 0.465 e. The van der Waals surface area contributed by atoms with Crippen LogP contribution in [0.2, 0.25) is 0 Å². The predicted octanol–water partition coefficient (Wildman–Crippen LogP) is 1.83. The van der Waals surface area contributed by atoms with E-state index in [1.807, 2.05) is 0 Å². The van der Waals surface area contributed by atoms with Crippen molar-refractivity contribution in [3.05, 3.63) is 46.5 Å². The molecule has 29 heavy (non-hydrogen) atoms. The zero-order valence-corrected chi connectivity index (χ0v) is 15.9. The van der Waals surface area contributed by atoms with Gasteiger partial charge in [0.15, 0.2) is 5.78 Å². The minimum Gasteiger partial charge on any atom is -0.465 e. The fourth-order valence-electron chi connectivity index (χ4n) is 2.27. The third-order valence-electron chi connectivity index (χ3n) is 3.64. The van der Waals surface area contributed by atoms with Crippen LogP contribution in [0.3, 0.4) is 0 Å². The topological polar surface area (TPSA) is 154 Å². The van der Waals surface area contributed by atoms with E-state index in [-0.39, 0.29) is 24.3 Å². The highest BCUT2D eigenvalue weighted by atomic mass is 16.6. The van der Waals surface area contributed by atoms with Crippen molar-refractivity contribution in [2.45, 2.75) is 13.3 Å². The zero-order chi connectivity index (χ0) is 22.0. The summed E-state index contributed by atoms with van der Waals surface area (Å²) in [4.78, 5) is 58.1. The molecule has 0 spiro atoms. The molecule has 1 aromatic rings. The van der Waals surface area contributed by atoms with Crippen LogP contribution < -0.4 is 10.6 Å². The number of amides is 2. The Hall–Kier alpha value is -3.76. The molecule has 1 atom stereocenters. The van der Waals surface area contributed by atoms with Crippen LogP contribution >= 0.6 is 0 Å². The van der Waals surface area contributed by atoms with E-state index >= 15 is 0 Å². The van der Waals surface area contributed by atoms with E-state index in [0.29, 0.717) is 0 Å². The number of allylic oxidation sites excluding steroid dienone is 1. The first kappa shape index (κ1) is 23.3. The second-order valence-electron chi connectivity index (χ2n) is 5.58. The molecule has 2 amide bonds. The van der Waals surface area contributed by atoms with E-state index in [0.717, 1.165) is 19.2 Å². The highest BCUT2D eigenvalue weighted by molar-refractivity contribution is 6.05. The number of nitro benzene ring substituents is 1. The first-order valence-electron chi connectivity index (χ1n) is 8.46. The van der Waals surface area contributed by atoms with Crippen molar-refractivity contribution in [2.75, 3.05) is 25.6 Å². The zero-order valence-electron chi connectivity index (χ0n) is 15.9. The maximum absolute atomic E-state index is 12.4. The SMILES string of the molecule is C=CCC(C(=O)NCC(=O)c1ccc(NC(=O)OC)cc1[N+](=O)[O-])C(=O)OCC. The number of Topliss-reactive ketones (excluding diaryl/α,β-unsaturated/α-hetero) is 1. The summed E-state index contributed by atoms with van der Waals surface area (Å²) in [5.74, 6) is -3.46. The first-order valence-corrected chi connectivity index (χ1v) is 8.46. The molecule has 156 valence electrons. The Morgan fingerprint density at radius 2 is 2.00 bits per heavy atom. The average Bonchev–Trinajstić information content (AvgIpc) is 2.69. The van der Waals surface area contributed by atoms with Crippen molar-refractivity contribution < 1.29 is 33.6 Å². The standard InChI is InChI=1S/C18H21N3O8/c1-4-6-13(17(24)29-5-2)16(23)19-10-15(22)12-8-7-11(20-18(25)28-3)9-14(12)21(26)27/h4,7-9,13H,1,5-6,10H2,2-3H3,(H,19,23)(H,20,25). The van der Waals surface area contributed by atoms with Gasteiger partial charge in [0.25, 0.3) is 5.69 Å². The highest BCUT2D eigenvalue weighted by Gasteiger charge is 2.28. The van der Waals surface area contributed by atoms with Gasteiger partial charge in [-0.05, 0) is 25.5 Å². The van der Waals surface area contributed by atoms with Crippen LogP contribution in [-0.2, 0) is 19.1 Å². The van der Waals surface area contributed by atoms with Crippen LogP contribution in [0.5, 0.6) is 0 Å². The first-order chi connectivity index (χ1) is 13.7. The monoisotopic (exact) mass is 407 g/mol. The van der Waals surface area contributed by atoms with Gasteiger partial charge in [0.1, 0.15) is 5.92 Å². The number of methoxy groups -OCH3 is 1. The molecule has 0 aliphatic heterocycles. The second-order valence-corrected chi connectivity index (χ2v) is 5.58. The van der Waals surface area contributed by atoms with Gasteiger partial charge in [0.05, 0.1) is 36.4 Å². The maximum Gasteiger partial charge on any atom is 0.411 e. The van der Waals surface area contributed by atoms with E-state index in [1.54, 1.807) is 6.92 Å². The molecule has 1 unspecified atom stereocenters. The number of nitro groups is 1. The van der Waals surface area contributed by atoms with E-state index in [9.17, 15) is 29.3 Å². The Morgan fingerprint density at radius 3 is 2.55 bits per heavy atom. The molecule has 0 saturated carbocycles. The Bertz CT molecular complexity index is 821. The highest BCUT2D eigenvalue weighted by Crippen LogP contribution is 2.24. The second kappa shape index (κ2) is 11.2. The lowest BCUT2D eigenvalue weighted by Gasteiger charge is -2.13. The van der Waals surface area contributed by atoms with Crippen LogP contribution in [0.15, 0.2) is 30.9 Å². The molecule has 1 aromatic carbocycles. The minimum atomic E-state index is -1.18. The van der Waals surface area contributed by atoms with Crippen molar-refractivity contribution >= 4 is 35.1 Å². The summed E-state index contributed by atoms with van der Waals surface area (Å²) in [7, 11) is 1.13. The van der Waals surface area contributed by atoms with Crippen LogP contribution in [0.4, 0.5) is 16.2 Å². The Kier molecular flexibility index (Phi) is 8.96. The van der Waals surface area contributed by atoms with Gasteiger partial charge in [-0.3, -0.25) is 29.8 Å². The molecule has 0 aliphatic carbocycles. The minimum absolute atomic E-state index is 0.00684. The van der Waals surface area contributed by atoms with Crippen LogP contribution in [-0.4, -0.2) is 48.9 Å². The molecule has 2 N–H and O–H groups in total. The van der Waals surface area contributed by atoms with Gasteiger partial charge in [0, 0.05) is 6.07 Å². The molecule has 0 bridgehead atoms. The number of carbonyl (C=O) groups excluding carboxylic acids is 4. The summed E-state index contributed by atoms with van der Waals surface area (Å²) < 4.78 is 9.20. The van der Waals surface area contributed by atoms with Gasteiger partial charge in [-0.2, -0.15) is 0 Å². The van der Waals surface area contributed by atoms with Crippen molar-refractivity contribution in [3.63, 3.8) is 0 Å². The molecule has 0 saturated heterocycles. The normalized spacial score (nSPS) is 11.0. The molecule has 11 heteroatoms. The number of benzene rings is 1. The summed E-state index contributed by atoms with van der Waals surface area (Å²) in [6.07, 6.45) is 0.534. The number of ketones is 1. The Labute approximate surface area is 166 Å². The lowest BCUT2D eigenvalue weighted by atomic mass is 10.0. The quantitative estimate of drug-likeness (QED) is 0.149. The maximum atomic E-state index is 12.4. The number of rotatable bonds is 10. The Morgan fingerprint density at radius 1 is 1.31 bits per heavy atom. The molecule has 1 rings (SSSR count). The number of esters is 1. The molecular formula is C18H21N3O8. The number of anilines is 1. The molecule has 0 heterocycles. The Balaban J connectivity index is 2.93. The van der Waals surface area contributed by atoms with Crippen molar-refractivity contribution in [3.8, 4) is 0 Å². The lowest BCUT2D eigenvalue weighted by molar-refractivity contribution is -0.385. The number of hydrogen-bond donors (Lipinski definition) is 2. The van der Waals surface area contributed by atoms with Crippen molar-refractivity contribution in [1.82, 2.24) is 5.32 Å². The van der Waals surface area contributed by atoms with Crippen LogP contribution in [0, 0.1) is 16.0 Å². The number of carbonyl (C=O) groups is 4. The smallest absolute Gasteiger partial charge is 0.411 e. The summed E-state index contributed by atoms with van der Waals surface area (Å²) in [5, 5.41) is 15.8. The lowest BCUT2D eigenvalue weighted by Crippen LogP contribution is -2.38. The van der Waals surface area contributed by atoms with Gasteiger partial charge >= 0.3 is 12.1 Å². The van der Waals surface area contributed by atoms with E-state index in [2.05, 4.69) is 21.9 Å². The third kappa shape index (κ3) is 6.72. The van der Waals surface area contributed by atoms with Gasteiger partial charge in [-0.15, -0.1) is 6.58 Å². The number of ether oxygens (including phenoxy) is 2. The summed E-state index contributed by atoms with van der Waals surface area (Å²) in [5.41, 5.74) is -0.786. The van der Waals surface area contributed by atoms with Gasteiger partial charge in [-0.1, -0.05) is 6.08 Å². The average molecular weight is 407 g/mol. The third-order valence-corrected chi connectivity index (χ3v) is 3.64. The predicted molar refractivity (Wildman–Crippen MR) is 101 cm³/mol. The fraction of sp³-hybridized carbons (Fsp3) is 0.333. The number of nitrogens with one attached hydrogen (secondary N) is 2. The summed E-state index contributed by atoms with van der Waals surface area (Å²) >= 11 is 0. The van der Waals surface area contributed by atoms with E-state index in [1.165, 1.54) is 12.1 Å². The number of nitrogens with zero attached hydrogens (tertiary/aromatic N) is 1. The van der Waals surface area contributed by atoms with E-state index < -0.39 is 46.8 Å². The van der Waals surface area contributed by atoms with Gasteiger partial charge in [-0.25, -0.2) is 4.79 Å². The number of hydrogen-bond acceptors (Lipinski definition) is 8. The summed E-state index contributed by atoms with van der Waals surface area (Å²) in [6.45, 7) is 4.56. The molecule has 11 nitrogen and oxygen atoms in total. The summed E-state index contributed by atoms with van der Waals surface area (Å²) in [6, 6.07) is 3.41. The van der Waals surface area contributed by atoms with Crippen molar-refractivity contribution in [2.24, 2.45) is 5.92 Å². The molecule has 0 radical (unpaired) electrons. The fourth-order valence-corrected chi connectivity index (χ4v) is 2.27. The van der Waals surface area contributed by atoms with Crippen LogP contribution in [0.25, 0.3) is 0 Å². The van der Waals surface area contributed by atoms with Crippen molar-refractivity contribution in [1.29, 1.82) is 0 Å². The van der Waals surface area contributed by atoms with E-state index in [4.69, 9.17) is 4.74 Å². The molecule has 0 aliphatic rings. The van der Waals surface area contributed by atoms with Gasteiger partial charge in [0.2, 0.25) is 5.91 Å². The molecule has 0 fully saturated rings.